The first-order chi connectivity index (χ1) is 13.2. The molecular formula is C16H32N8O4. The van der Waals surface area contributed by atoms with Gasteiger partial charge in [-0.3, -0.25) is 19.2 Å². The maximum Gasteiger partial charge on any atom is 0.234 e. The summed E-state index contributed by atoms with van der Waals surface area (Å²) in [4.78, 5) is 46.6. The van der Waals surface area contributed by atoms with Crippen LogP contribution < -0.4 is 22.9 Å². The second kappa shape index (κ2) is 12.2. The van der Waals surface area contributed by atoms with Gasteiger partial charge in [-0.15, -0.1) is 0 Å². The van der Waals surface area contributed by atoms with E-state index in [-0.39, 0.29) is 26.2 Å². The molecule has 1 aliphatic rings. The fraction of sp³-hybridized carbons (Fsp3) is 0.750. The number of primary amides is 4. The summed E-state index contributed by atoms with van der Waals surface area (Å²) >= 11 is 0. The molecule has 28 heavy (non-hydrogen) atoms. The van der Waals surface area contributed by atoms with E-state index in [2.05, 4.69) is 0 Å². The summed E-state index contributed by atoms with van der Waals surface area (Å²) in [5.74, 6) is -2.59. The highest BCUT2D eigenvalue weighted by atomic mass is 16.2. The molecular weight excluding hydrogens is 368 g/mol. The third kappa shape index (κ3) is 9.08. The lowest BCUT2D eigenvalue weighted by Gasteiger charge is -2.45. The van der Waals surface area contributed by atoms with Crippen molar-refractivity contribution in [3.8, 4) is 0 Å². The number of rotatable bonds is 8. The Kier molecular flexibility index (Phi) is 10.4. The lowest BCUT2D eigenvalue weighted by atomic mass is 10.1. The van der Waals surface area contributed by atoms with Gasteiger partial charge in [0.2, 0.25) is 23.6 Å². The molecule has 1 rings (SSSR count). The predicted molar refractivity (Wildman–Crippen MR) is 101 cm³/mol. The molecule has 0 radical (unpaired) electrons. The number of amides is 4. The first-order valence-corrected chi connectivity index (χ1v) is 9.38. The van der Waals surface area contributed by atoms with E-state index in [4.69, 9.17) is 22.9 Å². The molecule has 8 N–H and O–H groups in total. The highest BCUT2D eigenvalue weighted by Gasteiger charge is 2.31. The van der Waals surface area contributed by atoms with Crippen LogP contribution in [0.3, 0.4) is 0 Å². The highest BCUT2D eigenvalue weighted by molar-refractivity contribution is 5.78. The van der Waals surface area contributed by atoms with Gasteiger partial charge < -0.3 is 22.9 Å². The molecule has 12 nitrogen and oxygen atoms in total. The number of hydrazine groups is 3. The largest absolute Gasteiger partial charge is 0.369 e. The quantitative estimate of drug-likeness (QED) is 0.337. The zero-order valence-electron chi connectivity index (χ0n) is 16.2. The van der Waals surface area contributed by atoms with Crippen molar-refractivity contribution < 1.29 is 19.2 Å². The summed E-state index contributed by atoms with van der Waals surface area (Å²) in [7, 11) is 0. The summed E-state index contributed by atoms with van der Waals surface area (Å²) in [5, 5.41) is 5.82. The minimum absolute atomic E-state index is 0.188. The fourth-order valence-electron chi connectivity index (χ4n) is 3.14. The lowest BCUT2D eigenvalue weighted by Crippen LogP contribution is -2.65. The Morgan fingerprint density at radius 3 is 1.07 bits per heavy atom. The van der Waals surface area contributed by atoms with Gasteiger partial charge in [0.15, 0.2) is 0 Å². The smallest absolute Gasteiger partial charge is 0.234 e. The molecule has 0 aromatic carbocycles. The van der Waals surface area contributed by atoms with Gasteiger partial charge in [-0.05, 0) is 12.8 Å². The zero-order chi connectivity index (χ0) is 21.1. The average molecular weight is 400 g/mol. The van der Waals surface area contributed by atoms with Crippen molar-refractivity contribution in [2.45, 2.75) is 38.5 Å². The van der Waals surface area contributed by atoms with Gasteiger partial charge in [-0.25, -0.2) is 10.0 Å². The van der Waals surface area contributed by atoms with Crippen LogP contribution in [-0.2, 0) is 19.2 Å². The van der Waals surface area contributed by atoms with Crippen LogP contribution in [0.2, 0.25) is 0 Å². The number of nitrogens with zero attached hydrogens (tertiary/aromatic N) is 4. The SMILES string of the molecule is NC(=O)CN1CCCCCCCCN(CC(N)=O)N(CC(N)=O)N1CC(N)=O. The Morgan fingerprint density at radius 1 is 0.500 bits per heavy atom. The van der Waals surface area contributed by atoms with Gasteiger partial charge in [0, 0.05) is 13.1 Å². The average Bonchev–Trinajstić information content (AvgIpc) is 2.56. The fourth-order valence-corrected chi connectivity index (χ4v) is 3.14. The van der Waals surface area contributed by atoms with Crippen LogP contribution >= 0.6 is 0 Å². The van der Waals surface area contributed by atoms with E-state index in [1.807, 2.05) is 0 Å². The molecule has 4 amide bonds. The van der Waals surface area contributed by atoms with Crippen molar-refractivity contribution in [1.29, 1.82) is 0 Å². The summed E-state index contributed by atoms with van der Waals surface area (Å²) in [6, 6.07) is 0. The van der Waals surface area contributed by atoms with Crippen LogP contribution in [-0.4, -0.2) is 83.2 Å². The van der Waals surface area contributed by atoms with Gasteiger partial charge in [0.05, 0.1) is 13.1 Å². The second-order valence-electron chi connectivity index (χ2n) is 6.82. The Labute approximate surface area is 164 Å². The maximum atomic E-state index is 11.7. The van der Waals surface area contributed by atoms with Gasteiger partial charge in [-0.1, -0.05) is 25.7 Å². The van der Waals surface area contributed by atoms with Crippen LogP contribution in [0.1, 0.15) is 38.5 Å². The van der Waals surface area contributed by atoms with Crippen molar-refractivity contribution in [3.63, 3.8) is 0 Å². The van der Waals surface area contributed by atoms with Crippen molar-refractivity contribution in [1.82, 2.24) is 20.3 Å². The Hall–Kier alpha value is -2.28. The molecule has 0 saturated carbocycles. The topological polar surface area (TPSA) is 185 Å². The summed E-state index contributed by atoms with van der Waals surface area (Å²) < 4.78 is 0. The van der Waals surface area contributed by atoms with Gasteiger partial charge in [-0.2, -0.15) is 10.2 Å². The van der Waals surface area contributed by atoms with Crippen molar-refractivity contribution >= 4 is 23.6 Å². The summed E-state index contributed by atoms with van der Waals surface area (Å²) in [6.07, 6.45) is 5.45. The van der Waals surface area contributed by atoms with E-state index in [1.54, 1.807) is 10.0 Å². The third-order valence-electron chi connectivity index (χ3n) is 4.27. The molecule has 1 saturated heterocycles. The normalized spacial score (nSPS) is 19.4. The van der Waals surface area contributed by atoms with E-state index < -0.39 is 23.6 Å². The van der Waals surface area contributed by atoms with E-state index >= 15 is 0 Å². The van der Waals surface area contributed by atoms with E-state index in [9.17, 15) is 19.2 Å². The molecule has 12 heteroatoms. The van der Waals surface area contributed by atoms with Crippen LogP contribution in [0, 0.1) is 0 Å². The van der Waals surface area contributed by atoms with E-state index in [0.29, 0.717) is 13.1 Å². The molecule has 0 spiro atoms. The molecule has 1 heterocycles. The van der Waals surface area contributed by atoms with Gasteiger partial charge in [0.25, 0.3) is 0 Å². The third-order valence-corrected chi connectivity index (χ3v) is 4.27. The Bertz CT molecular complexity index is 511. The number of hydrogen-bond donors (Lipinski definition) is 4. The van der Waals surface area contributed by atoms with Crippen molar-refractivity contribution in [3.05, 3.63) is 0 Å². The molecule has 1 fully saturated rings. The van der Waals surface area contributed by atoms with E-state index in [1.165, 1.54) is 10.2 Å². The number of nitrogens with two attached hydrogens (primary N) is 4. The van der Waals surface area contributed by atoms with Crippen LogP contribution in [0.15, 0.2) is 0 Å². The van der Waals surface area contributed by atoms with Gasteiger partial charge in [0.1, 0.15) is 13.1 Å². The highest BCUT2D eigenvalue weighted by Crippen LogP contribution is 2.15. The predicted octanol–water partition coefficient (Wildman–Crippen LogP) is -2.77. The second-order valence-corrected chi connectivity index (χ2v) is 6.82. The first-order valence-electron chi connectivity index (χ1n) is 9.38. The first kappa shape index (κ1) is 23.8. The monoisotopic (exact) mass is 400 g/mol. The molecule has 0 aromatic rings. The standard InChI is InChI=1S/C16H32N8O4/c17-13(25)9-21-7-5-3-1-2-4-6-8-22(10-14(18)26)24(12-16(20)28)23(21)11-15(19)27/h1-12H2,(H2,17,25)(H2,18,26)(H2,19,27)(H2,20,28). The molecule has 0 unspecified atom stereocenters. The minimum atomic E-state index is -0.685. The molecule has 0 atom stereocenters. The van der Waals surface area contributed by atoms with Crippen LogP contribution in [0.25, 0.3) is 0 Å². The lowest BCUT2D eigenvalue weighted by molar-refractivity contribution is -0.270. The molecule has 0 aliphatic carbocycles. The molecule has 160 valence electrons. The maximum absolute atomic E-state index is 11.7. The molecule has 0 bridgehead atoms. The van der Waals surface area contributed by atoms with Crippen molar-refractivity contribution in [2.24, 2.45) is 22.9 Å². The number of carbonyl (C=O) groups is 4. The Balaban J connectivity index is 3.30. The molecule has 1 aliphatic heterocycles. The zero-order valence-corrected chi connectivity index (χ0v) is 16.2. The van der Waals surface area contributed by atoms with Crippen LogP contribution in [0.4, 0.5) is 0 Å². The van der Waals surface area contributed by atoms with Crippen LogP contribution in [0.5, 0.6) is 0 Å². The molecule has 0 aromatic heterocycles. The number of carbonyl (C=O) groups excluding carboxylic acids is 4. The van der Waals surface area contributed by atoms with E-state index in [0.717, 1.165) is 38.5 Å². The minimum Gasteiger partial charge on any atom is -0.369 e. The number of hydrogen-bond acceptors (Lipinski definition) is 8. The van der Waals surface area contributed by atoms with Crippen molar-refractivity contribution in [2.75, 3.05) is 39.3 Å². The van der Waals surface area contributed by atoms with Gasteiger partial charge >= 0.3 is 0 Å². The summed E-state index contributed by atoms with van der Waals surface area (Å²) in [5.41, 5.74) is 21.5. The summed E-state index contributed by atoms with van der Waals surface area (Å²) in [6.45, 7) is -0.197. The Morgan fingerprint density at radius 2 is 0.786 bits per heavy atom.